The molecule has 0 aliphatic rings. The Morgan fingerprint density at radius 1 is 1.03 bits per heavy atom. The molecule has 9 heteroatoms. The van der Waals surface area contributed by atoms with Gasteiger partial charge in [0.25, 0.3) is 0 Å². The van der Waals surface area contributed by atoms with E-state index < -0.39 is 0 Å². The molecule has 3 aromatic rings. The number of hydrogen-bond donors (Lipinski definition) is 0. The first-order valence-electron chi connectivity index (χ1n) is 9.48. The molecule has 0 aliphatic carbocycles. The molecule has 0 N–H and O–H groups in total. The second kappa shape index (κ2) is 10.1. The molecule has 1 amide bonds. The van der Waals surface area contributed by atoms with E-state index in [0.717, 1.165) is 22.6 Å². The standard InChI is InChI=1S/C21H26N6O2S/c1-25(2)18-9-5-16(6-10-18)13-26(3)20(28)15-30-21-22-23-24-27(21)14-17-7-11-19(29-4)12-8-17/h5-12H,13-15H2,1-4H3. The lowest BCUT2D eigenvalue weighted by molar-refractivity contribution is -0.127. The fraction of sp³-hybridized carbons (Fsp3) is 0.333. The van der Waals surface area contributed by atoms with Crippen LogP contribution in [-0.4, -0.2) is 65.0 Å². The predicted molar refractivity (Wildman–Crippen MR) is 118 cm³/mol. The number of benzene rings is 2. The summed E-state index contributed by atoms with van der Waals surface area (Å²) in [6.07, 6.45) is 0. The zero-order chi connectivity index (χ0) is 21.5. The molecule has 3 rings (SSSR count). The zero-order valence-electron chi connectivity index (χ0n) is 17.6. The van der Waals surface area contributed by atoms with Crippen LogP contribution in [0.3, 0.4) is 0 Å². The molecule has 8 nitrogen and oxygen atoms in total. The lowest BCUT2D eigenvalue weighted by Gasteiger charge is -2.18. The molecular formula is C21H26N6O2S. The fourth-order valence-corrected chi connectivity index (χ4v) is 3.62. The van der Waals surface area contributed by atoms with E-state index in [9.17, 15) is 4.79 Å². The number of tetrazole rings is 1. The van der Waals surface area contributed by atoms with E-state index in [1.165, 1.54) is 11.8 Å². The van der Waals surface area contributed by atoms with E-state index in [1.807, 2.05) is 62.4 Å². The number of aromatic nitrogens is 4. The van der Waals surface area contributed by atoms with Gasteiger partial charge in [-0.05, 0) is 45.8 Å². The van der Waals surface area contributed by atoms with Crippen LogP contribution >= 0.6 is 11.8 Å². The fourth-order valence-electron chi connectivity index (χ4n) is 2.80. The number of rotatable bonds is 9. The van der Waals surface area contributed by atoms with Crippen molar-refractivity contribution >= 4 is 23.4 Å². The number of hydrogen-bond acceptors (Lipinski definition) is 7. The van der Waals surface area contributed by atoms with Crippen molar-refractivity contribution in [1.82, 2.24) is 25.1 Å². The Hall–Kier alpha value is -3.07. The largest absolute Gasteiger partial charge is 0.497 e. The van der Waals surface area contributed by atoms with E-state index in [-0.39, 0.29) is 11.7 Å². The van der Waals surface area contributed by atoms with Gasteiger partial charge in [0.05, 0.1) is 19.4 Å². The normalized spacial score (nSPS) is 10.7. The third kappa shape index (κ3) is 5.73. The van der Waals surface area contributed by atoms with Crippen molar-refractivity contribution in [2.75, 3.05) is 38.9 Å². The molecule has 1 heterocycles. The van der Waals surface area contributed by atoms with Gasteiger partial charge in [0.15, 0.2) is 0 Å². The highest BCUT2D eigenvalue weighted by molar-refractivity contribution is 7.99. The lowest BCUT2D eigenvalue weighted by Crippen LogP contribution is -2.28. The number of thioether (sulfide) groups is 1. The van der Waals surface area contributed by atoms with Crippen LogP contribution in [0.5, 0.6) is 5.75 Å². The predicted octanol–water partition coefficient (Wildman–Crippen LogP) is 2.55. The van der Waals surface area contributed by atoms with Gasteiger partial charge < -0.3 is 14.5 Å². The number of nitrogens with zero attached hydrogens (tertiary/aromatic N) is 6. The molecule has 0 saturated carbocycles. The molecule has 158 valence electrons. The third-order valence-corrected chi connectivity index (χ3v) is 5.56. The molecule has 1 aromatic heterocycles. The van der Waals surface area contributed by atoms with Crippen LogP contribution in [0.4, 0.5) is 5.69 Å². The maximum atomic E-state index is 12.6. The highest BCUT2D eigenvalue weighted by atomic mass is 32.2. The first-order valence-corrected chi connectivity index (χ1v) is 10.5. The molecule has 30 heavy (non-hydrogen) atoms. The number of ether oxygens (including phenoxy) is 1. The average molecular weight is 427 g/mol. The molecule has 0 aliphatic heterocycles. The van der Waals surface area contributed by atoms with Crippen molar-refractivity contribution in [3.8, 4) is 5.75 Å². The minimum Gasteiger partial charge on any atom is -0.497 e. The van der Waals surface area contributed by atoms with Crippen molar-refractivity contribution in [2.24, 2.45) is 0 Å². The van der Waals surface area contributed by atoms with Crippen molar-refractivity contribution in [3.63, 3.8) is 0 Å². The Bertz CT molecular complexity index is 956. The van der Waals surface area contributed by atoms with Gasteiger partial charge in [-0.1, -0.05) is 36.0 Å². The summed E-state index contributed by atoms with van der Waals surface area (Å²) >= 11 is 1.34. The average Bonchev–Trinajstić information content (AvgIpc) is 3.19. The molecule has 2 aromatic carbocycles. The summed E-state index contributed by atoms with van der Waals surface area (Å²) in [5.41, 5.74) is 3.27. The summed E-state index contributed by atoms with van der Waals surface area (Å²) in [6, 6.07) is 15.9. The third-order valence-electron chi connectivity index (χ3n) is 4.61. The van der Waals surface area contributed by atoms with Crippen LogP contribution in [0.15, 0.2) is 53.7 Å². The van der Waals surface area contributed by atoms with Crippen LogP contribution < -0.4 is 9.64 Å². The van der Waals surface area contributed by atoms with E-state index in [2.05, 4.69) is 27.7 Å². The second-order valence-corrected chi connectivity index (χ2v) is 8.01. The maximum Gasteiger partial charge on any atom is 0.233 e. The van der Waals surface area contributed by atoms with E-state index in [1.54, 1.807) is 16.7 Å². The van der Waals surface area contributed by atoms with Gasteiger partial charge in [-0.25, -0.2) is 4.68 Å². The molecule has 0 atom stereocenters. The topological polar surface area (TPSA) is 76.4 Å². The van der Waals surface area contributed by atoms with Crippen molar-refractivity contribution in [2.45, 2.75) is 18.2 Å². The van der Waals surface area contributed by atoms with Gasteiger partial charge in [0.1, 0.15) is 5.75 Å². The Balaban J connectivity index is 1.53. The monoisotopic (exact) mass is 426 g/mol. The van der Waals surface area contributed by atoms with Gasteiger partial charge in [0.2, 0.25) is 11.1 Å². The zero-order valence-corrected chi connectivity index (χ0v) is 18.5. The number of carbonyl (C=O) groups is 1. The van der Waals surface area contributed by atoms with Crippen molar-refractivity contribution < 1.29 is 9.53 Å². The first-order chi connectivity index (χ1) is 14.5. The quantitative estimate of drug-likeness (QED) is 0.487. The Morgan fingerprint density at radius 2 is 1.70 bits per heavy atom. The van der Waals surface area contributed by atoms with E-state index in [0.29, 0.717) is 18.2 Å². The van der Waals surface area contributed by atoms with E-state index in [4.69, 9.17) is 4.74 Å². The lowest BCUT2D eigenvalue weighted by atomic mass is 10.2. The summed E-state index contributed by atoms with van der Waals surface area (Å²) in [4.78, 5) is 16.3. The Morgan fingerprint density at radius 3 is 2.33 bits per heavy atom. The summed E-state index contributed by atoms with van der Waals surface area (Å²) in [7, 11) is 7.45. The molecule has 0 saturated heterocycles. The first kappa shape index (κ1) is 21.6. The molecular weight excluding hydrogens is 400 g/mol. The molecule has 0 bridgehead atoms. The highest BCUT2D eigenvalue weighted by Crippen LogP contribution is 2.18. The van der Waals surface area contributed by atoms with Crippen LogP contribution in [0, 0.1) is 0 Å². The number of anilines is 1. The maximum absolute atomic E-state index is 12.6. The van der Waals surface area contributed by atoms with Gasteiger partial charge >= 0.3 is 0 Å². The molecule has 0 spiro atoms. The minimum atomic E-state index is 0.0238. The summed E-state index contributed by atoms with van der Waals surface area (Å²) in [6.45, 7) is 1.09. The van der Waals surface area contributed by atoms with Gasteiger partial charge in [0, 0.05) is 33.4 Å². The Kier molecular flexibility index (Phi) is 7.29. The van der Waals surface area contributed by atoms with Crippen LogP contribution in [0.2, 0.25) is 0 Å². The minimum absolute atomic E-state index is 0.0238. The number of methoxy groups -OCH3 is 1. The van der Waals surface area contributed by atoms with Crippen LogP contribution in [0.1, 0.15) is 11.1 Å². The second-order valence-electron chi connectivity index (χ2n) is 7.07. The summed E-state index contributed by atoms with van der Waals surface area (Å²) in [5, 5.41) is 12.5. The molecule has 0 radical (unpaired) electrons. The van der Waals surface area contributed by atoms with Crippen molar-refractivity contribution in [3.05, 3.63) is 59.7 Å². The summed E-state index contributed by atoms with van der Waals surface area (Å²) < 4.78 is 6.87. The molecule has 0 fully saturated rings. The number of carbonyl (C=O) groups excluding carboxylic acids is 1. The summed E-state index contributed by atoms with van der Waals surface area (Å²) in [5.74, 6) is 1.10. The SMILES string of the molecule is COc1ccc(Cn2nnnc2SCC(=O)N(C)Cc2ccc(N(C)C)cc2)cc1. The van der Waals surface area contributed by atoms with Crippen LogP contribution in [0.25, 0.3) is 0 Å². The van der Waals surface area contributed by atoms with Crippen LogP contribution in [-0.2, 0) is 17.9 Å². The van der Waals surface area contributed by atoms with Crippen molar-refractivity contribution in [1.29, 1.82) is 0 Å². The van der Waals surface area contributed by atoms with Gasteiger partial charge in [-0.15, -0.1) is 5.10 Å². The number of amides is 1. The smallest absolute Gasteiger partial charge is 0.233 e. The van der Waals surface area contributed by atoms with Gasteiger partial charge in [-0.3, -0.25) is 4.79 Å². The highest BCUT2D eigenvalue weighted by Gasteiger charge is 2.14. The van der Waals surface area contributed by atoms with E-state index >= 15 is 0 Å². The van der Waals surface area contributed by atoms with Gasteiger partial charge in [-0.2, -0.15) is 0 Å². The molecule has 0 unspecified atom stereocenters. The Labute approximate surface area is 180 Å².